The van der Waals surface area contributed by atoms with Crippen molar-refractivity contribution in [3.05, 3.63) is 41.2 Å². The molecule has 2 N–H and O–H groups in total. The number of phenols is 1. The second-order valence-electron chi connectivity index (χ2n) is 3.00. The molecule has 1 heterocycles. The molecule has 0 bridgehead atoms. The highest BCUT2D eigenvalue weighted by atomic mass is 35.5. The van der Waals surface area contributed by atoms with E-state index in [1.807, 2.05) is 0 Å². The number of nitrogens with one attached hydrogen (secondary N) is 1. The number of carbonyl (C=O) groups is 1. The molecule has 1 amide bonds. The summed E-state index contributed by atoms with van der Waals surface area (Å²) < 4.78 is 4.68. The molecule has 2 rings (SSSR count). The number of aromatic hydroxyl groups is 1. The standard InChI is InChI=1S/C10H7ClN2O3/c11-7-5-6(1-2-8(7)14)13-10(15)9-3-4-12-16-9/h1-5,14H,(H,13,15). The van der Waals surface area contributed by atoms with Crippen LogP contribution >= 0.6 is 11.6 Å². The first-order chi connectivity index (χ1) is 7.66. The maximum Gasteiger partial charge on any atom is 0.294 e. The van der Waals surface area contributed by atoms with Crippen LogP contribution in [0.5, 0.6) is 5.75 Å². The first kappa shape index (κ1) is 10.5. The van der Waals surface area contributed by atoms with Gasteiger partial charge in [-0.25, -0.2) is 0 Å². The van der Waals surface area contributed by atoms with Crippen molar-refractivity contribution in [3.8, 4) is 5.75 Å². The van der Waals surface area contributed by atoms with Crippen LogP contribution in [0.25, 0.3) is 0 Å². The molecule has 1 aromatic heterocycles. The summed E-state index contributed by atoms with van der Waals surface area (Å²) in [4.78, 5) is 11.5. The van der Waals surface area contributed by atoms with E-state index in [0.29, 0.717) is 5.69 Å². The van der Waals surface area contributed by atoms with Gasteiger partial charge in [0.05, 0.1) is 11.2 Å². The van der Waals surface area contributed by atoms with Gasteiger partial charge in [0.2, 0.25) is 5.76 Å². The number of hydrogen-bond donors (Lipinski definition) is 2. The lowest BCUT2D eigenvalue weighted by molar-refractivity contribution is 0.0988. The summed E-state index contributed by atoms with van der Waals surface area (Å²) in [5.41, 5.74) is 0.462. The Bertz CT molecular complexity index is 511. The number of aromatic nitrogens is 1. The van der Waals surface area contributed by atoms with Gasteiger partial charge >= 0.3 is 0 Å². The molecule has 0 saturated heterocycles. The molecule has 16 heavy (non-hydrogen) atoms. The lowest BCUT2D eigenvalue weighted by Crippen LogP contribution is -2.10. The van der Waals surface area contributed by atoms with Gasteiger partial charge in [0.1, 0.15) is 5.75 Å². The van der Waals surface area contributed by atoms with Gasteiger partial charge < -0.3 is 14.9 Å². The molecule has 1 aromatic carbocycles. The summed E-state index contributed by atoms with van der Waals surface area (Å²) in [5, 5.41) is 15.3. The van der Waals surface area contributed by atoms with Gasteiger partial charge in [0.15, 0.2) is 0 Å². The Labute approximate surface area is 95.6 Å². The van der Waals surface area contributed by atoms with Gasteiger partial charge in [-0.1, -0.05) is 16.8 Å². The predicted molar refractivity (Wildman–Crippen MR) is 57.6 cm³/mol. The van der Waals surface area contributed by atoms with E-state index in [9.17, 15) is 9.90 Å². The van der Waals surface area contributed by atoms with E-state index in [1.54, 1.807) is 0 Å². The molecule has 5 nitrogen and oxygen atoms in total. The third kappa shape index (κ3) is 2.14. The molecule has 0 atom stereocenters. The van der Waals surface area contributed by atoms with Crippen molar-refractivity contribution in [2.75, 3.05) is 5.32 Å². The maximum absolute atomic E-state index is 11.5. The number of phenolic OH excluding ortho intramolecular Hbond substituents is 1. The quantitative estimate of drug-likeness (QED) is 0.787. The largest absolute Gasteiger partial charge is 0.506 e. The summed E-state index contributed by atoms with van der Waals surface area (Å²) >= 11 is 5.69. The van der Waals surface area contributed by atoms with Gasteiger partial charge in [-0.2, -0.15) is 0 Å². The third-order valence-corrected chi connectivity index (χ3v) is 2.17. The average Bonchev–Trinajstić information content (AvgIpc) is 2.77. The summed E-state index contributed by atoms with van der Waals surface area (Å²) in [7, 11) is 0. The Morgan fingerprint density at radius 1 is 1.44 bits per heavy atom. The van der Waals surface area contributed by atoms with Crippen LogP contribution in [0.4, 0.5) is 5.69 Å². The first-order valence-electron chi connectivity index (χ1n) is 4.37. The molecule has 6 heteroatoms. The van der Waals surface area contributed by atoms with Crippen molar-refractivity contribution in [1.82, 2.24) is 5.16 Å². The summed E-state index contributed by atoms with van der Waals surface area (Å²) in [6.07, 6.45) is 1.37. The van der Waals surface area contributed by atoms with Crippen molar-refractivity contribution in [2.24, 2.45) is 0 Å². The predicted octanol–water partition coefficient (Wildman–Crippen LogP) is 2.29. The monoisotopic (exact) mass is 238 g/mol. The summed E-state index contributed by atoms with van der Waals surface area (Å²) in [6, 6.07) is 5.79. The fraction of sp³-hybridized carbons (Fsp3) is 0. The zero-order valence-electron chi connectivity index (χ0n) is 7.98. The fourth-order valence-corrected chi connectivity index (χ4v) is 1.29. The lowest BCUT2D eigenvalue weighted by Gasteiger charge is -2.03. The zero-order chi connectivity index (χ0) is 11.5. The molecule has 0 aliphatic carbocycles. The van der Waals surface area contributed by atoms with Gasteiger partial charge in [-0.15, -0.1) is 0 Å². The minimum absolute atomic E-state index is 0.0423. The van der Waals surface area contributed by atoms with E-state index in [4.69, 9.17) is 11.6 Å². The number of hydrogen-bond acceptors (Lipinski definition) is 4. The zero-order valence-corrected chi connectivity index (χ0v) is 8.73. The first-order valence-corrected chi connectivity index (χ1v) is 4.75. The van der Waals surface area contributed by atoms with Crippen LogP contribution in [0.15, 0.2) is 35.0 Å². The average molecular weight is 239 g/mol. The normalized spacial score (nSPS) is 10.1. The van der Waals surface area contributed by atoms with Crippen LogP contribution in [-0.4, -0.2) is 16.2 Å². The molecule has 0 radical (unpaired) electrons. The molecular weight excluding hydrogens is 232 g/mol. The number of nitrogens with zero attached hydrogens (tertiary/aromatic N) is 1. The van der Waals surface area contributed by atoms with Crippen molar-refractivity contribution in [3.63, 3.8) is 0 Å². The molecule has 0 saturated carbocycles. The van der Waals surface area contributed by atoms with Gasteiger partial charge in [0.25, 0.3) is 5.91 Å². The Morgan fingerprint density at radius 2 is 2.25 bits per heavy atom. The number of amides is 1. The van der Waals surface area contributed by atoms with E-state index in [2.05, 4.69) is 15.0 Å². The van der Waals surface area contributed by atoms with Crippen LogP contribution in [0, 0.1) is 0 Å². The van der Waals surface area contributed by atoms with Gasteiger partial charge in [0, 0.05) is 11.8 Å². The van der Waals surface area contributed by atoms with Crippen LogP contribution < -0.4 is 5.32 Å². The molecule has 0 fully saturated rings. The number of anilines is 1. The lowest BCUT2D eigenvalue weighted by atomic mass is 10.3. The number of halogens is 1. The Hall–Kier alpha value is -2.01. The summed E-state index contributed by atoms with van der Waals surface area (Å²) in [5.74, 6) is -0.372. The van der Waals surface area contributed by atoms with Crippen LogP contribution in [0.2, 0.25) is 5.02 Å². The second-order valence-corrected chi connectivity index (χ2v) is 3.40. The van der Waals surface area contributed by atoms with E-state index in [-0.39, 0.29) is 16.5 Å². The summed E-state index contributed by atoms with van der Waals surface area (Å²) in [6.45, 7) is 0. The molecule has 2 aromatic rings. The molecule has 0 aliphatic rings. The number of carbonyl (C=O) groups excluding carboxylic acids is 1. The van der Waals surface area contributed by atoms with Gasteiger partial charge in [-0.3, -0.25) is 4.79 Å². The molecule has 0 unspecified atom stereocenters. The number of benzene rings is 1. The van der Waals surface area contributed by atoms with Crippen molar-refractivity contribution in [1.29, 1.82) is 0 Å². The molecule has 82 valence electrons. The highest BCUT2D eigenvalue weighted by Crippen LogP contribution is 2.26. The minimum Gasteiger partial charge on any atom is -0.506 e. The van der Waals surface area contributed by atoms with E-state index >= 15 is 0 Å². The molecular formula is C10H7ClN2O3. The minimum atomic E-state index is -0.431. The fourth-order valence-electron chi connectivity index (χ4n) is 1.11. The third-order valence-electron chi connectivity index (χ3n) is 1.87. The Balaban J connectivity index is 2.15. The van der Waals surface area contributed by atoms with E-state index < -0.39 is 5.91 Å². The van der Waals surface area contributed by atoms with Crippen LogP contribution in [0.1, 0.15) is 10.6 Å². The SMILES string of the molecule is O=C(Nc1ccc(O)c(Cl)c1)c1ccno1. The van der Waals surface area contributed by atoms with E-state index in [0.717, 1.165) is 0 Å². The van der Waals surface area contributed by atoms with Crippen LogP contribution in [-0.2, 0) is 0 Å². The van der Waals surface area contributed by atoms with Crippen molar-refractivity contribution in [2.45, 2.75) is 0 Å². The topological polar surface area (TPSA) is 75.4 Å². The second kappa shape index (κ2) is 4.24. The Morgan fingerprint density at radius 3 is 2.88 bits per heavy atom. The van der Waals surface area contributed by atoms with Gasteiger partial charge in [-0.05, 0) is 18.2 Å². The van der Waals surface area contributed by atoms with Crippen LogP contribution in [0.3, 0.4) is 0 Å². The number of rotatable bonds is 2. The van der Waals surface area contributed by atoms with Crippen molar-refractivity contribution < 1.29 is 14.4 Å². The molecule has 0 spiro atoms. The highest BCUT2D eigenvalue weighted by molar-refractivity contribution is 6.32. The highest BCUT2D eigenvalue weighted by Gasteiger charge is 2.10. The van der Waals surface area contributed by atoms with Crippen molar-refractivity contribution >= 4 is 23.2 Å². The van der Waals surface area contributed by atoms with E-state index in [1.165, 1.54) is 30.5 Å². The molecule has 0 aliphatic heterocycles. The smallest absolute Gasteiger partial charge is 0.294 e. The Kier molecular flexibility index (Phi) is 2.78. The maximum atomic E-state index is 11.5.